The van der Waals surface area contributed by atoms with Crippen LogP contribution in [0.4, 0.5) is 230 Å². The van der Waals surface area contributed by atoms with Crippen molar-refractivity contribution in [1.82, 2.24) is 20.9 Å². The van der Waals surface area contributed by atoms with Gasteiger partial charge >= 0.3 is 169 Å². The maximum atomic E-state index is 14.9. The van der Waals surface area contributed by atoms with Crippen LogP contribution in [0.2, 0.25) is 0 Å². The van der Waals surface area contributed by atoms with Gasteiger partial charge < -0.3 is 40.2 Å². The molecule has 0 radical (unpaired) electrons. The van der Waals surface area contributed by atoms with Gasteiger partial charge in [0.15, 0.2) is 19.8 Å². The van der Waals surface area contributed by atoms with E-state index in [1.54, 1.807) is 6.92 Å². The van der Waals surface area contributed by atoms with E-state index in [9.17, 15) is 230 Å². The molecule has 0 bridgehead atoms. The van der Waals surface area contributed by atoms with Crippen LogP contribution in [0.1, 0.15) is 67.2 Å². The highest BCUT2D eigenvalue weighted by Crippen LogP contribution is 2.63. The van der Waals surface area contributed by atoms with Gasteiger partial charge in [0.05, 0.1) is 6.54 Å². The minimum atomic E-state index is -8.45. The summed E-state index contributed by atoms with van der Waals surface area (Å²) in [4.78, 5) is 44.7. The first-order valence-electron chi connectivity index (χ1n) is 28.3. The van der Waals surface area contributed by atoms with Crippen molar-refractivity contribution in [3.63, 3.8) is 0 Å². The van der Waals surface area contributed by atoms with Crippen LogP contribution in [0.3, 0.4) is 0 Å². The third-order valence-electron chi connectivity index (χ3n) is 14.6. The molecule has 0 aromatic rings. The van der Waals surface area contributed by atoms with Gasteiger partial charge in [0.25, 0.3) is 0 Å². The second kappa shape index (κ2) is 34.0. The highest BCUT2D eigenvalue weighted by molar-refractivity contribution is 5.68. The fourth-order valence-electron chi connectivity index (χ4n) is 8.26. The molecule has 2 unspecified atom stereocenters. The number of alkyl carbamates (subject to hydrolysis) is 2. The van der Waals surface area contributed by atoms with Crippen molar-refractivity contribution in [3.8, 4) is 0 Å². The Morgan fingerprint density at radius 3 is 0.891 bits per heavy atom. The summed E-state index contributed by atoms with van der Waals surface area (Å²) in [5.41, 5.74) is -2.91. The molecule has 0 aliphatic rings. The van der Waals surface area contributed by atoms with Crippen LogP contribution in [-0.2, 0) is 14.2 Å². The largest absolute Gasteiger partial charge is 0.465 e. The topological polar surface area (TPSA) is 156 Å². The first-order chi connectivity index (χ1) is 47.9. The van der Waals surface area contributed by atoms with Gasteiger partial charge in [0, 0.05) is 26.2 Å². The first kappa shape index (κ1) is 106. The number of amides is 4. The standard InChI is InChI=1S/C32H28F36N2O4.C18H24F12N2O4/c1-11(7-69-15(71)73-9-19(41,42)25(53,54)31(65,66)28(59,60)22(47,48)13(35)36)6-17(2,3)4-5-70(8-18(39,40)24(51,52)30(63,64)27(57,58)21(45,46)12(33)34)16(72)74-10-20(43,44)26(55,56)32(67,68)29(61,62)23(49,50)14(37)38;1-9(4-5-31-11(33)34)6-13(2,3)7-32-12(35)36-8-14(21,22)16(25,26)18(29,30)17(27,28)15(23,24)10(19)20/h11-14H,4-10H2,1-3H3,(H,69,71);9-10,31H,4-8H2,1-3H3,(H,32,35)(H,33,34). The molecule has 0 spiro atoms. The summed E-state index contributed by atoms with van der Waals surface area (Å²) in [6, 6.07) is 0. The summed E-state index contributed by atoms with van der Waals surface area (Å²) in [6.45, 7) is -11.2. The molecule has 0 heterocycles. The molecule has 110 heavy (non-hydrogen) atoms. The van der Waals surface area contributed by atoms with Gasteiger partial charge in [-0.25, -0.2) is 54.3 Å². The number of halogens is 48. The molecule has 0 rings (SSSR count). The van der Waals surface area contributed by atoms with Crippen molar-refractivity contribution in [3.05, 3.63) is 0 Å². The van der Waals surface area contributed by atoms with Gasteiger partial charge in [-0.3, -0.25) is 0 Å². The number of carbonyl (C=O) groups excluding carboxylic acids is 3. The Morgan fingerprint density at radius 2 is 0.609 bits per heavy atom. The van der Waals surface area contributed by atoms with E-state index in [-0.39, 0.29) is 19.0 Å². The zero-order valence-corrected chi connectivity index (χ0v) is 54.3. The summed E-state index contributed by atoms with van der Waals surface area (Å²) >= 11 is 0. The van der Waals surface area contributed by atoms with Crippen LogP contribution in [-0.4, -0.2) is 231 Å². The molecule has 0 saturated carbocycles. The molecule has 656 valence electrons. The minimum Gasteiger partial charge on any atom is -0.465 e. The highest BCUT2D eigenvalue weighted by Gasteiger charge is 2.92. The number of ether oxygens (including phenoxy) is 3. The molecule has 0 saturated heterocycles. The lowest BCUT2D eigenvalue weighted by molar-refractivity contribution is -0.414. The van der Waals surface area contributed by atoms with Crippen molar-refractivity contribution >= 4 is 24.4 Å². The average molecular weight is 1750 g/mol. The van der Waals surface area contributed by atoms with Crippen molar-refractivity contribution < 1.29 is 249 Å². The molecule has 0 aliphatic heterocycles. The van der Waals surface area contributed by atoms with Gasteiger partial charge in [-0.1, -0.05) is 41.5 Å². The Labute approximate surface area is 581 Å². The lowest BCUT2D eigenvalue weighted by atomic mass is 9.80. The van der Waals surface area contributed by atoms with Crippen LogP contribution in [0, 0.1) is 22.7 Å². The zero-order chi connectivity index (χ0) is 89.1. The molecule has 0 fully saturated rings. The Hall–Kier alpha value is -6.28. The molecule has 4 N–H and O–H groups in total. The number of hydrogen-bond donors (Lipinski definition) is 4. The molecular weight excluding hydrogens is 1700 g/mol. The summed E-state index contributed by atoms with van der Waals surface area (Å²) in [5, 5.41) is 13.7. The van der Waals surface area contributed by atoms with E-state index in [4.69, 9.17) is 5.11 Å². The highest BCUT2D eigenvalue weighted by atomic mass is 19.4. The Kier molecular flexibility index (Phi) is 32.7. The Morgan fingerprint density at radius 1 is 0.345 bits per heavy atom. The number of hydrogen-bond acceptors (Lipinski definition) is 7. The second-order valence-corrected chi connectivity index (χ2v) is 25.0. The number of alkyl halides is 48. The van der Waals surface area contributed by atoms with Gasteiger partial charge in [0.2, 0.25) is 0 Å². The SMILES string of the molecule is CC(CCNC(=O)O)CC(C)(C)CNC(=O)OCC(F)(F)C(F)(F)C(F)(F)C(F)(F)C(F)(F)C(F)F.CC(CNC(=O)OCC(F)(F)C(F)(F)C(F)(F)C(F)(F)C(F)(F)C(F)F)CC(C)(C)CCN(CC(F)(F)C(F)(F)C(F)(F)C(F)(F)C(F)(F)C(F)F)C(=O)OCC(F)(F)C(F)(F)C(F)(F)C(F)(F)C(F)(F)C(F)F. The van der Waals surface area contributed by atoms with E-state index in [0.717, 1.165) is 6.92 Å². The quantitative estimate of drug-likeness (QED) is 0.0348. The summed E-state index contributed by atoms with van der Waals surface area (Å²) < 4.78 is 656. The van der Waals surface area contributed by atoms with E-state index < -0.39 is 242 Å². The molecule has 2 atom stereocenters. The van der Waals surface area contributed by atoms with Crippen molar-refractivity contribution in [2.24, 2.45) is 22.7 Å². The molecule has 0 aliphatic carbocycles. The monoisotopic (exact) mass is 1750 g/mol. The van der Waals surface area contributed by atoms with E-state index in [1.165, 1.54) is 19.2 Å². The van der Waals surface area contributed by atoms with Gasteiger partial charge in [-0.15, -0.1) is 0 Å². The second-order valence-electron chi connectivity index (χ2n) is 25.0. The van der Waals surface area contributed by atoms with E-state index in [2.05, 4.69) is 19.5 Å². The third-order valence-corrected chi connectivity index (χ3v) is 14.6. The van der Waals surface area contributed by atoms with Gasteiger partial charge in [0.1, 0.15) is 0 Å². The van der Waals surface area contributed by atoms with Crippen molar-refractivity contribution in [2.75, 3.05) is 52.5 Å². The van der Waals surface area contributed by atoms with Crippen molar-refractivity contribution in [1.29, 1.82) is 0 Å². The first-order valence-corrected chi connectivity index (χ1v) is 28.3. The van der Waals surface area contributed by atoms with Crippen LogP contribution < -0.4 is 16.0 Å². The molecule has 4 amide bonds. The molecule has 12 nitrogen and oxygen atoms in total. The normalized spacial score (nSPS) is 15.7. The summed E-state index contributed by atoms with van der Waals surface area (Å²) in [5.74, 6) is -156. The predicted octanol–water partition coefficient (Wildman–Crippen LogP) is 19.8. The third kappa shape index (κ3) is 21.0. The van der Waals surface area contributed by atoms with Crippen LogP contribution >= 0.6 is 0 Å². The fraction of sp³-hybridized carbons (Fsp3) is 0.920. The lowest BCUT2D eigenvalue weighted by Crippen LogP contribution is -2.70. The van der Waals surface area contributed by atoms with Crippen molar-refractivity contribution in [2.45, 2.75) is 211 Å². The summed E-state index contributed by atoms with van der Waals surface area (Å²) in [7, 11) is 0. The average Bonchev–Trinajstić information content (AvgIpc) is 0.737. The number of carbonyl (C=O) groups is 4. The van der Waals surface area contributed by atoms with Crippen LogP contribution in [0.15, 0.2) is 0 Å². The van der Waals surface area contributed by atoms with Gasteiger partial charge in [-0.05, 0) is 48.3 Å². The predicted molar refractivity (Wildman–Crippen MR) is 265 cm³/mol. The smallest absolute Gasteiger partial charge is 0.410 e. The van der Waals surface area contributed by atoms with Crippen LogP contribution in [0.25, 0.3) is 0 Å². The number of carboxylic acid groups (broad SMARTS) is 1. The van der Waals surface area contributed by atoms with Crippen LogP contribution in [0.5, 0.6) is 0 Å². The Balaban J connectivity index is 0. The maximum absolute atomic E-state index is 14.9. The summed E-state index contributed by atoms with van der Waals surface area (Å²) in [6.07, 6.45) is -34.6. The van der Waals surface area contributed by atoms with E-state index in [1.807, 2.05) is 5.32 Å². The number of rotatable bonds is 42. The maximum Gasteiger partial charge on any atom is 0.410 e. The number of nitrogens with one attached hydrogen (secondary N) is 3. The van der Waals surface area contributed by atoms with E-state index >= 15 is 0 Å². The lowest BCUT2D eigenvalue weighted by Gasteiger charge is -2.41. The number of nitrogens with zero attached hydrogens (tertiary/aromatic N) is 1. The fourth-order valence-corrected chi connectivity index (χ4v) is 8.26. The molecule has 0 aromatic heterocycles. The zero-order valence-electron chi connectivity index (χ0n) is 54.3. The van der Waals surface area contributed by atoms with E-state index in [0.29, 0.717) is 26.7 Å². The molecule has 0 aromatic carbocycles. The molecule has 60 heteroatoms. The Bertz CT molecular complexity index is 3020. The van der Waals surface area contributed by atoms with Gasteiger partial charge in [-0.2, -0.15) is 176 Å². The molecular formula is C50H52F48N4O8. The minimum absolute atomic E-state index is 0.0816.